The molecule has 0 heterocycles. The zero-order chi connectivity index (χ0) is 11.0. The molecule has 0 fully saturated rings. The number of carboxylic acid groups (broad SMARTS) is 1. The van der Waals surface area contributed by atoms with Crippen LogP contribution >= 0.6 is 0 Å². The number of carbonyl (C=O) groups is 2. The Labute approximate surface area is 83.9 Å². The van der Waals surface area contributed by atoms with Gasteiger partial charge in [-0.15, -0.1) is 0 Å². The maximum atomic E-state index is 11.0. The van der Waals surface area contributed by atoms with E-state index in [0.29, 0.717) is 6.42 Å². The van der Waals surface area contributed by atoms with Gasteiger partial charge < -0.3 is 15.7 Å². The van der Waals surface area contributed by atoms with Crippen LogP contribution in [0.5, 0.6) is 0 Å². The van der Waals surface area contributed by atoms with Crippen molar-refractivity contribution in [2.75, 3.05) is 13.6 Å². The normalized spacial score (nSPS) is 12.1. The summed E-state index contributed by atoms with van der Waals surface area (Å²) in [5, 5.41) is 13.7. The predicted molar refractivity (Wildman–Crippen MR) is 53.4 cm³/mol. The van der Waals surface area contributed by atoms with Gasteiger partial charge >= 0.3 is 6.09 Å². The number of rotatable bonds is 7. The number of nitrogens with one attached hydrogen (secondary N) is 2. The van der Waals surface area contributed by atoms with Gasteiger partial charge in [0.1, 0.15) is 0 Å². The highest BCUT2D eigenvalue weighted by Crippen LogP contribution is 2.01. The lowest BCUT2D eigenvalue weighted by Gasteiger charge is -2.12. The topological polar surface area (TPSA) is 78.4 Å². The van der Waals surface area contributed by atoms with Crippen LogP contribution in [0.2, 0.25) is 0 Å². The van der Waals surface area contributed by atoms with Crippen LogP contribution in [0.4, 0.5) is 4.79 Å². The third-order valence-corrected chi connectivity index (χ3v) is 1.96. The molecule has 0 spiro atoms. The van der Waals surface area contributed by atoms with Crippen molar-refractivity contribution in [3.8, 4) is 0 Å². The summed E-state index contributed by atoms with van der Waals surface area (Å²) in [6.45, 7) is 2.29. The molecule has 0 aliphatic heterocycles. The molecule has 0 aromatic carbocycles. The lowest BCUT2D eigenvalue weighted by Crippen LogP contribution is -2.38. The molecule has 1 amide bonds. The number of Topliss-reactive ketones (excluding diaryl/α,β-unsaturated/α-hetero) is 1. The lowest BCUT2D eigenvalue weighted by atomic mass is 10.1. The molecule has 82 valence electrons. The zero-order valence-electron chi connectivity index (χ0n) is 8.67. The molecule has 0 saturated carbocycles. The van der Waals surface area contributed by atoms with Crippen LogP contribution in [-0.4, -0.2) is 36.6 Å². The summed E-state index contributed by atoms with van der Waals surface area (Å²) >= 11 is 0. The van der Waals surface area contributed by atoms with Crippen LogP contribution in [-0.2, 0) is 4.79 Å². The highest BCUT2D eigenvalue weighted by molar-refractivity contribution is 5.84. The number of ketones is 1. The average molecular weight is 202 g/mol. The van der Waals surface area contributed by atoms with Crippen LogP contribution < -0.4 is 10.6 Å². The third-order valence-electron chi connectivity index (χ3n) is 1.96. The van der Waals surface area contributed by atoms with E-state index in [9.17, 15) is 9.59 Å². The minimum Gasteiger partial charge on any atom is -0.465 e. The van der Waals surface area contributed by atoms with Gasteiger partial charge in [-0.25, -0.2) is 4.79 Å². The molecule has 0 aliphatic carbocycles. The van der Waals surface area contributed by atoms with Crippen molar-refractivity contribution < 1.29 is 14.7 Å². The highest BCUT2D eigenvalue weighted by Gasteiger charge is 2.15. The van der Waals surface area contributed by atoms with E-state index < -0.39 is 12.1 Å². The van der Waals surface area contributed by atoms with Crippen molar-refractivity contribution in [2.24, 2.45) is 0 Å². The molecule has 5 heteroatoms. The molecule has 0 saturated heterocycles. The largest absolute Gasteiger partial charge is 0.465 e. The highest BCUT2D eigenvalue weighted by atomic mass is 16.4. The Morgan fingerprint density at radius 2 is 2.00 bits per heavy atom. The van der Waals surface area contributed by atoms with Gasteiger partial charge in [0, 0.05) is 0 Å². The Balaban J connectivity index is 3.74. The minimum absolute atomic E-state index is 0.128. The van der Waals surface area contributed by atoms with E-state index in [1.807, 2.05) is 7.05 Å². The van der Waals surface area contributed by atoms with Crippen LogP contribution in [0.25, 0.3) is 0 Å². The Bertz CT molecular complexity index is 194. The molecule has 3 N–H and O–H groups in total. The molecule has 14 heavy (non-hydrogen) atoms. The summed E-state index contributed by atoms with van der Waals surface area (Å²) in [7, 11) is 1.86. The summed E-state index contributed by atoms with van der Waals surface area (Å²) < 4.78 is 0. The number of unbranched alkanes of at least 4 members (excludes halogenated alkanes) is 1. The first-order chi connectivity index (χ1) is 6.57. The zero-order valence-corrected chi connectivity index (χ0v) is 8.67. The van der Waals surface area contributed by atoms with Crippen molar-refractivity contribution in [3.63, 3.8) is 0 Å². The molecular formula is C9H18N2O3. The van der Waals surface area contributed by atoms with Crippen molar-refractivity contribution in [2.45, 2.75) is 32.2 Å². The summed E-state index contributed by atoms with van der Waals surface area (Å²) in [6.07, 6.45) is 1.22. The molecule has 0 aliphatic rings. The van der Waals surface area contributed by atoms with Crippen molar-refractivity contribution in [3.05, 3.63) is 0 Å². The second-order valence-electron chi connectivity index (χ2n) is 3.21. The molecule has 0 aromatic rings. The number of hydrogen-bond donors (Lipinski definition) is 3. The molecule has 1 unspecified atom stereocenters. The number of amides is 1. The van der Waals surface area contributed by atoms with E-state index >= 15 is 0 Å². The molecule has 5 nitrogen and oxygen atoms in total. The van der Waals surface area contributed by atoms with Crippen molar-refractivity contribution in [1.82, 2.24) is 10.6 Å². The van der Waals surface area contributed by atoms with Crippen molar-refractivity contribution >= 4 is 11.9 Å². The smallest absolute Gasteiger partial charge is 0.405 e. The number of hydrogen-bond acceptors (Lipinski definition) is 3. The Morgan fingerprint density at radius 1 is 1.36 bits per heavy atom. The fraction of sp³-hybridized carbons (Fsp3) is 0.778. The second-order valence-corrected chi connectivity index (χ2v) is 3.21. The maximum Gasteiger partial charge on any atom is 0.405 e. The van der Waals surface area contributed by atoms with Gasteiger partial charge in [-0.3, -0.25) is 4.79 Å². The van der Waals surface area contributed by atoms with E-state index in [1.165, 1.54) is 6.92 Å². The van der Waals surface area contributed by atoms with E-state index in [4.69, 9.17) is 5.11 Å². The summed E-state index contributed by atoms with van der Waals surface area (Å²) in [5.74, 6) is -0.128. The van der Waals surface area contributed by atoms with Gasteiger partial charge in [0.05, 0.1) is 6.04 Å². The SMILES string of the molecule is CNCCCCC(NC(=O)O)C(C)=O. The molecule has 0 aromatic heterocycles. The first-order valence-electron chi connectivity index (χ1n) is 4.72. The van der Waals surface area contributed by atoms with Gasteiger partial charge in [0.15, 0.2) is 5.78 Å². The summed E-state index contributed by atoms with van der Waals surface area (Å²) in [5.41, 5.74) is 0. The van der Waals surface area contributed by atoms with Crippen molar-refractivity contribution in [1.29, 1.82) is 0 Å². The average Bonchev–Trinajstić information content (AvgIpc) is 2.09. The van der Waals surface area contributed by atoms with Gasteiger partial charge in [0.25, 0.3) is 0 Å². The monoisotopic (exact) mass is 202 g/mol. The third kappa shape index (κ3) is 6.42. The van der Waals surface area contributed by atoms with Gasteiger partial charge in [-0.05, 0) is 39.8 Å². The lowest BCUT2D eigenvalue weighted by molar-refractivity contribution is -0.119. The quantitative estimate of drug-likeness (QED) is 0.528. The first kappa shape index (κ1) is 12.9. The first-order valence-corrected chi connectivity index (χ1v) is 4.72. The second kappa shape index (κ2) is 7.32. The van der Waals surface area contributed by atoms with E-state index in [0.717, 1.165) is 19.4 Å². The maximum absolute atomic E-state index is 11.0. The minimum atomic E-state index is -1.14. The van der Waals surface area contributed by atoms with Crippen LogP contribution in [0, 0.1) is 0 Å². The van der Waals surface area contributed by atoms with E-state index in [-0.39, 0.29) is 5.78 Å². The van der Waals surface area contributed by atoms with Gasteiger partial charge in [0.2, 0.25) is 0 Å². The fourth-order valence-electron chi connectivity index (χ4n) is 1.18. The van der Waals surface area contributed by atoms with Gasteiger partial charge in [-0.2, -0.15) is 0 Å². The Kier molecular flexibility index (Phi) is 6.74. The van der Waals surface area contributed by atoms with Gasteiger partial charge in [-0.1, -0.05) is 0 Å². The molecule has 0 radical (unpaired) electrons. The van der Waals surface area contributed by atoms with Crippen LogP contribution in [0.15, 0.2) is 0 Å². The molecule has 0 bridgehead atoms. The fourth-order valence-corrected chi connectivity index (χ4v) is 1.18. The standard InChI is InChI=1S/C9H18N2O3/c1-7(12)8(11-9(13)14)5-3-4-6-10-2/h8,10-11H,3-6H2,1-2H3,(H,13,14). The van der Waals surface area contributed by atoms with Crippen LogP contribution in [0.3, 0.4) is 0 Å². The molecule has 1 atom stereocenters. The summed E-state index contributed by atoms with van der Waals surface area (Å²) in [6, 6.07) is -0.552. The predicted octanol–water partition coefficient (Wildman–Crippen LogP) is 0.601. The molecule has 0 rings (SSSR count). The van der Waals surface area contributed by atoms with E-state index in [2.05, 4.69) is 10.6 Å². The summed E-state index contributed by atoms with van der Waals surface area (Å²) in [4.78, 5) is 21.3. The number of carbonyl (C=O) groups excluding carboxylic acids is 1. The molecular weight excluding hydrogens is 184 g/mol. The van der Waals surface area contributed by atoms with E-state index in [1.54, 1.807) is 0 Å². The van der Waals surface area contributed by atoms with Crippen LogP contribution in [0.1, 0.15) is 26.2 Å². The Hall–Kier alpha value is -1.10. The Morgan fingerprint density at radius 3 is 2.43 bits per heavy atom.